The van der Waals surface area contributed by atoms with Crippen molar-refractivity contribution in [3.63, 3.8) is 0 Å². The molecule has 0 radical (unpaired) electrons. The Hall–Kier alpha value is -2.28. The minimum absolute atomic E-state index is 0.0454. The van der Waals surface area contributed by atoms with Crippen molar-refractivity contribution in [2.75, 3.05) is 11.1 Å². The minimum atomic E-state index is -0.462. The van der Waals surface area contributed by atoms with Crippen LogP contribution < -0.4 is 15.6 Å². The third-order valence-electron chi connectivity index (χ3n) is 3.26. The molecule has 3 rings (SSSR count). The average molecular weight is 331 g/mol. The summed E-state index contributed by atoms with van der Waals surface area (Å²) in [5.74, 6) is 1.01. The first-order valence-corrected chi connectivity index (χ1v) is 8.34. The number of hydrogen-bond acceptors (Lipinski definition) is 5. The molecular weight excluding hydrogens is 314 g/mol. The molecule has 0 spiro atoms. The third-order valence-corrected chi connectivity index (χ3v) is 4.24. The van der Waals surface area contributed by atoms with Gasteiger partial charge in [-0.1, -0.05) is 17.8 Å². The van der Waals surface area contributed by atoms with Crippen LogP contribution in [-0.2, 0) is 6.54 Å². The van der Waals surface area contributed by atoms with Crippen LogP contribution in [-0.4, -0.2) is 27.3 Å². The second kappa shape index (κ2) is 6.45. The molecule has 0 saturated carbocycles. The molecule has 0 saturated heterocycles. The van der Waals surface area contributed by atoms with E-state index in [1.807, 2.05) is 19.9 Å². The number of anilines is 1. The van der Waals surface area contributed by atoms with Crippen molar-refractivity contribution in [2.45, 2.75) is 31.7 Å². The summed E-state index contributed by atoms with van der Waals surface area (Å²) in [4.78, 5) is 28.9. The fourth-order valence-corrected chi connectivity index (χ4v) is 3.20. The number of thioether (sulfide) groups is 1. The Labute approximate surface area is 137 Å². The summed E-state index contributed by atoms with van der Waals surface area (Å²) >= 11 is 1.52. The molecule has 0 atom stereocenters. The topological polar surface area (TPSA) is 73.2 Å². The fraction of sp³-hybridized carbons (Fsp3) is 0.312. The van der Waals surface area contributed by atoms with Crippen molar-refractivity contribution in [1.29, 1.82) is 0 Å². The predicted octanol–water partition coefficient (Wildman–Crippen LogP) is 2.39. The van der Waals surface area contributed by atoms with Crippen LogP contribution in [0.4, 0.5) is 5.69 Å². The number of nitrogens with zero attached hydrogens (tertiary/aromatic N) is 2. The van der Waals surface area contributed by atoms with Gasteiger partial charge in [0.05, 0.1) is 6.10 Å². The van der Waals surface area contributed by atoms with Crippen molar-refractivity contribution in [2.24, 2.45) is 0 Å². The summed E-state index contributed by atoms with van der Waals surface area (Å²) in [5.41, 5.74) is 0.325. The normalized spacial score (nSPS) is 13.0. The maximum absolute atomic E-state index is 12.4. The van der Waals surface area contributed by atoms with E-state index in [1.165, 1.54) is 22.5 Å². The molecule has 1 amide bonds. The Kier molecular flexibility index (Phi) is 4.38. The Bertz CT molecular complexity index is 801. The summed E-state index contributed by atoms with van der Waals surface area (Å²) in [6.07, 6.45) is 1.39. The molecule has 2 aromatic rings. The van der Waals surface area contributed by atoms with Crippen LogP contribution in [0.5, 0.6) is 5.75 Å². The molecule has 23 heavy (non-hydrogen) atoms. The Morgan fingerprint density at radius 3 is 3.04 bits per heavy atom. The van der Waals surface area contributed by atoms with Gasteiger partial charge in [-0.15, -0.1) is 0 Å². The van der Waals surface area contributed by atoms with Gasteiger partial charge in [0.25, 0.3) is 11.5 Å². The number of aromatic nitrogens is 2. The summed E-state index contributed by atoms with van der Waals surface area (Å²) < 4.78 is 7.13. The van der Waals surface area contributed by atoms with Gasteiger partial charge in [0.15, 0.2) is 5.16 Å². The van der Waals surface area contributed by atoms with Crippen LogP contribution in [0, 0.1) is 0 Å². The van der Waals surface area contributed by atoms with Crippen molar-refractivity contribution in [3.05, 3.63) is 46.4 Å². The second-order valence-electron chi connectivity index (χ2n) is 5.41. The third kappa shape index (κ3) is 3.39. The number of hydrogen-bond donors (Lipinski definition) is 1. The molecule has 7 heteroatoms. The predicted molar refractivity (Wildman–Crippen MR) is 89.4 cm³/mol. The molecule has 1 aromatic carbocycles. The molecular formula is C16H17N3O3S. The van der Waals surface area contributed by atoms with Gasteiger partial charge in [0.2, 0.25) is 0 Å². The van der Waals surface area contributed by atoms with Gasteiger partial charge in [-0.25, -0.2) is 4.98 Å². The number of ether oxygens (including phenoxy) is 1. The largest absolute Gasteiger partial charge is 0.491 e. The highest BCUT2D eigenvalue weighted by Crippen LogP contribution is 2.21. The number of carbonyl (C=O) groups is 1. The highest BCUT2D eigenvalue weighted by molar-refractivity contribution is 7.99. The van der Waals surface area contributed by atoms with Crippen molar-refractivity contribution in [3.8, 4) is 5.75 Å². The van der Waals surface area contributed by atoms with Crippen LogP contribution in [0.2, 0.25) is 0 Å². The Morgan fingerprint density at radius 2 is 2.26 bits per heavy atom. The zero-order valence-corrected chi connectivity index (χ0v) is 13.7. The van der Waals surface area contributed by atoms with Gasteiger partial charge in [0.1, 0.15) is 11.3 Å². The summed E-state index contributed by atoms with van der Waals surface area (Å²) in [7, 11) is 0. The maximum Gasteiger partial charge on any atom is 0.267 e. The number of carbonyl (C=O) groups excluding carboxylic acids is 1. The van der Waals surface area contributed by atoms with E-state index in [9.17, 15) is 9.59 Å². The number of benzene rings is 1. The van der Waals surface area contributed by atoms with Gasteiger partial charge in [-0.3, -0.25) is 14.2 Å². The van der Waals surface area contributed by atoms with E-state index in [4.69, 9.17) is 4.74 Å². The van der Waals surface area contributed by atoms with Crippen LogP contribution in [0.25, 0.3) is 0 Å². The highest BCUT2D eigenvalue weighted by Gasteiger charge is 2.20. The SMILES string of the molecule is CC(C)Oc1cccc(NC(=O)c2cnc3n(c2=O)CCS3)c1. The molecule has 0 unspecified atom stereocenters. The van der Waals surface area contributed by atoms with E-state index < -0.39 is 5.91 Å². The monoisotopic (exact) mass is 331 g/mol. The van der Waals surface area contributed by atoms with Crippen LogP contribution in [0.15, 0.2) is 40.4 Å². The smallest absolute Gasteiger partial charge is 0.267 e. The van der Waals surface area contributed by atoms with Gasteiger partial charge < -0.3 is 10.1 Å². The summed E-state index contributed by atoms with van der Waals surface area (Å²) in [6, 6.07) is 7.09. The van der Waals surface area contributed by atoms with E-state index >= 15 is 0 Å². The molecule has 1 aliphatic heterocycles. The van der Waals surface area contributed by atoms with E-state index in [1.54, 1.807) is 18.2 Å². The Balaban J connectivity index is 1.81. The molecule has 0 fully saturated rings. The summed E-state index contributed by atoms with van der Waals surface area (Å²) in [5, 5.41) is 3.39. The van der Waals surface area contributed by atoms with Crippen molar-refractivity contribution < 1.29 is 9.53 Å². The van der Waals surface area contributed by atoms with Crippen LogP contribution in [0.1, 0.15) is 24.2 Å². The van der Waals surface area contributed by atoms with Gasteiger partial charge in [0, 0.05) is 30.2 Å². The zero-order valence-electron chi connectivity index (χ0n) is 12.9. The fourth-order valence-electron chi connectivity index (χ4n) is 2.29. The van der Waals surface area contributed by atoms with Crippen LogP contribution >= 0.6 is 11.8 Å². The van der Waals surface area contributed by atoms with E-state index in [0.29, 0.717) is 23.1 Å². The molecule has 0 aliphatic carbocycles. The lowest BCUT2D eigenvalue weighted by molar-refractivity contribution is 0.102. The first-order chi connectivity index (χ1) is 11.0. The van der Waals surface area contributed by atoms with Crippen molar-refractivity contribution >= 4 is 23.4 Å². The van der Waals surface area contributed by atoms with Crippen LogP contribution in [0.3, 0.4) is 0 Å². The summed E-state index contributed by atoms with van der Waals surface area (Å²) in [6.45, 7) is 4.45. The molecule has 2 heterocycles. The highest BCUT2D eigenvalue weighted by atomic mass is 32.2. The molecule has 1 aliphatic rings. The van der Waals surface area contributed by atoms with Gasteiger partial charge in [-0.05, 0) is 26.0 Å². The average Bonchev–Trinajstić information content (AvgIpc) is 2.96. The molecule has 6 nitrogen and oxygen atoms in total. The lowest BCUT2D eigenvalue weighted by Crippen LogP contribution is -2.29. The second-order valence-corrected chi connectivity index (χ2v) is 6.47. The standard InChI is InChI=1S/C16H17N3O3S/c1-10(2)22-12-5-3-4-11(8-12)18-14(20)13-9-17-16-19(15(13)21)6-7-23-16/h3-5,8-10H,6-7H2,1-2H3,(H,18,20). The Morgan fingerprint density at radius 1 is 1.43 bits per heavy atom. The molecule has 0 bridgehead atoms. The molecule has 120 valence electrons. The minimum Gasteiger partial charge on any atom is -0.491 e. The maximum atomic E-state index is 12.4. The number of rotatable bonds is 4. The quantitative estimate of drug-likeness (QED) is 0.871. The number of amides is 1. The van der Waals surface area contributed by atoms with Crippen molar-refractivity contribution in [1.82, 2.24) is 9.55 Å². The van der Waals surface area contributed by atoms with Gasteiger partial charge >= 0.3 is 0 Å². The van der Waals surface area contributed by atoms with E-state index in [2.05, 4.69) is 10.3 Å². The first-order valence-electron chi connectivity index (χ1n) is 7.35. The molecule has 1 N–H and O–H groups in total. The zero-order chi connectivity index (χ0) is 16.4. The van der Waals surface area contributed by atoms with E-state index in [0.717, 1.165) is 5.75 Å². The first kappa shape index (κ1) is 15.6. The number of nitrogens with one attached hydrogen (secondary N) is 1. The lowest BCUT2D eigenvalue weighted by Gasteiger charge is -2.11. The number of fused-ring (bicyclic) bond motifs is 1. The van der Waals surface area contributed by atoms with Gasteiger partial charge in [-0.2, -0.15) is 0 Å². The van der Waals surface area contributed by atoms with E-state index in [-0.39, 0.29) is 17.2 Å². The molecule has 1 aromatic heterocycles. The lowest BCUT2D eigenvalue weighted by atomic mass is 10.2.